The molecule has 1 saturated carbocycles. The summed E-state index contributed by atoms with van der Waals surface area (Å²) in [6.45, 7) is 1.08. The van der Waals surface area contributed by atoms with Crippen LogP contribution in [0.2, 0.25) is 0 Å². The molecule has 0 spiro atoms. The zero-order valence-corrected chi connectivity index (χ0v) is 22.2. The predicted molar refractivity (Wildman–Crippen MR) is 141 cm³/mol. The summed E-state index contributed by atoms with van der Waals surface area (Å²) in [6, 6.07) is 8.88. The number of aromatic nitrogens is 2. The van der Waals surface area contributed by atoms with Gasteiger partial charge in [0, 0.05) is 43.4 Å². The predicted octanol–water partition coefficient (Wildman–Crippen LogP) is 4.27. The van der Waals surface area contributed by atoms with E-state index in [-0.39, 0.29) is 24.4 Å². The number of carbonyl (C=O) groups is 1. The van der Waals surface area contributed by atoms with E-state index >= 15 is 0 Å². The van der Waals surface area contributed by atoms with E-state index in [4.69, 9.17) is 9.25 Å². The van der Waals surface area contributed by atoms with Crippen LogP contribution in [0.4, 0.5) is 13.2 Å². The van der Waals surface area contributed by atoms with Gasteiger partial charge in [-0.15, -0.1) is 0 Å². The van der Waals surface area contributed by atoms with Crippen molar-refractivity contribution in [2.75, 3.05) is 13.1 Å². The van der Waals surface area contributed by atoms with Crippen molar-refractivity contribution in [2.24, 2.45) is 5.16 Å². The summed E-state index contributed by atoms with van der Waals surface area (Å²) in [5, 5.41) is 18.8. The van der Waals surface area contributed by atoms with Crippen molar-refractivity contribution in [3.63, 3.8) is 0 Å². The lowest BCUT2D eigenvalue weighted by molar-refractivity contribution is -0.141. The molecular formula is C29H30F3N5O4. The quantitative estimate of drug-likeness (QED) is 0.456. The van der Waals surface area contributed by atoms with Gasteiger partial charge in [-0.25, -0.2) is 4.98 Å². The number of likely N-dealkylation sites (tertiary alicyclic amines) is 1. The molecule has 4 heterocycles. The van der Waals surface area contributed by atoms with Crippen LogP contribution in [0.25, 0.3) is 11.5 Å². The fourth-order valence-electron chi connectivity index (χ4n) is 5.87. The van der Waals surface area contributed by atoms with Gasteiger partial charge in [-0.05, 0) is 56.4 Å². The number of alkyl halides is 3. The minimum atomic E-state index is -4.46. The highest BCUT2D eigenvalue weighted by molar-refractivity contribution is 6.04. The zero-order valence-electron chi connectivity index (χ0n) is 22.2. The van der Waals surface area contributed by atoms with E-state index in [1.807, 2.05) is 12.1 Å². The number of nitrogens with zero attached hydrogens (tertiary/aromatic N) is 4. The Hall–Kier alpha value is -3.77. The Labute approximate surface area is 234 Å². The third-order valence-corrected chi connectivity index (χ3v) is 8.17. The standard InChI is InChI=1S/C29H30F3N5O4/c30-29(31,32)20-3-1-2-18(14-20)23-15-24(41-36-23)27(38)37-12-8-22(17-37)35-21-6-9-28(39,10-7-21)25-5-4-19(16-34-25)26-33-11-13-40-26/h1-5,11,13-14,16,21-22,24,35,39H,6-10,12,15,17H2/t21?,22-,24?,28?/m0/s1. The number of hydrogen-bond donors (Lipinski definition) is 2. The maximum Gasteiger partial charge on any atom is 0.416 e. The molecule has 1 unspecified atom stereocenters. The highest BCUT2D eigenvalue weighted by Gasteiger charge is 2.39. The molecule has 1 aromatic carbocycles. The molecule has 12 heteroatoms. The van der Waals surface area contributed by atoms with E-state index < -0.39 is 23.4 Å². The molecule has 1 aliphatic carbocycles. The highest BCUT2D eigenvalue weighted by Crippen LogP contribution is 2.37. The largest absolute Gasteiger partial charge is 0.444 e. The van der Waals surface area contributed by atoms with Crippen molar-refractivity contribution in [3.05, 3.63) is 71.9 Å². The van der Waals surface area contributed by atoms with Gasteiger partial charge in [-0.2, -0.15) is 13.2 Å². The Morgan fingerprint density at radius 2 is 1.90 bits per heavy atom. The molecule has 9 nitrogen and oxygen atoms in total. The first-order chi connectivity index (χ1) is 19.7. The Kier molecular flexibility index (Phi) is 7.28. The average molecular weight is 570 g/mol. The number of pyridine rings is 1. The molecular weight excluding hydrogens is 539 g/mol. The molecule has 2 aliphatic heterocycles. The summed E-state index contributed by atoms with van der Waals surface area (Å²) >= 11 is 0. The van der Waals surface area contributed by atoms with Gasteiger partial charge < -0.3 is 24.6 Å². The molecule has 2 fully saturated rings. The van der Waals surface area contributed by atoms with Gasteiger partial charge in [-0.3, -0.25) is 9.78 Å². The summed E-state index contributed by atoms with van der Waals surface area (Å²) < 4.78 is 44.6. The first-order valence-corrected chi connectivity index (χ1v) is 13.7. The van der Waals surface area contributed by atoms with Crippen molar-refractivity contribution in [3.8, 4) is 11.5 Å². The van der Waals surface area contributed by atoms with E-state index in [1.54, 1.807) is 17.3 Å². The van der Waals surface area contributed by atoms with Gasteiger partial charge in [0.05, 0.1) is 28.7 Å². The number of nitrogens with one attached hydrogen (secondary N) is 1. The lowest BCUT2D eigenvalue weighted by Gasteiger charge is -2.37. The van der Waals surface area contributed by atoms with Crippen molar-refractivity contribution in [1.82, 2.24) is 20.2 Å². The van der Waals surface area contributed by atoms with Crippen LogP contribution in [0.5, 0.6) is 0 Å². The summed E-state index contributed by atoms with van der Waals surface area (Å²) in [7, 11) is 0. The van der Waals surface area contributed by atoms with Crippen molar-refractivity contribution in [2.45, 2.75) is 68.5 Å². The topological polar surface area (TPSA) is 113 Å². The monoisotopic (exact) mass is 569 g/mol. The minimum absolute atomic E-state index is 0.110. The molecule has 6 rings (SSSR count). The number of oxime groups is 1. The molecule has 0 bridgehead atoms. The molecule has 2 atom stereocenters. The minimum Gasteiger partial charge on any atom is -0.444 e. The molecule has 1 amide bonds. The first-order valence-electron chi connectivity index (χ1n) is 13.7. The lowest BCUT2D eigenvalue weighted by atomic mass is 9.79. The summed E-state index contributed by atoms with van der Waals surface area (Å²) in [6.07, 6.45) is 3.01. The van der Waals surface area contributed by atoms with Crippen LogP contribution in [0, 0.1) is 0 Å². The maximum absolute atomic E-state index is 13.1. The van der Waals surface area contributed by atoms with Crippen molar-refractivity contribution < 1.29 is 32.3 Å². The molecule has 41 heavy (non-hydrogen) atoms. The van der Waals surface area contributed by atoms with E-state index in [9.17, 15) is 23.1 Å². The summed E-state index contributed by atoms with van der Waals surface area (Å²) in [5.74, 6) is 0.272. The zero-order chi connectivity index (χ0) is 28.6. The fourth-order valence-corrected chi connectivity index (χ4v) is 5.87. The molecule has 216 valence electrons. The summed E-state index contributed by atoms with van der Waals surface area (Å²) in [5.41, 5.74) is 0.251. The van der Waals surface area contributed by atoms with Gasteiger partial charge in [0.15, 0.2) is 0 Å². The van der Waals surface area contributed by atoms with Crippen LogP contribution in [0.3, 0.4) is 0 Å². The second-order valence-electron chi connectivity index (χ2n) is 10.9. The Morgan fingerprint density at radius 3 is 2.61 bits per heavy atom. The van der Waals surface area contributed by atoms with E-state index in [1.165, 1.54) is 18.4 Å². The molecule has 1 saturated heterocycles. The normalized spacial score (nSPS) is 26.6. The number of amides is 1. The second kappa shape index (κ2) is 10.9. The van der Waals surface area contributed by atoms with E-state index in [0.717, 1.165) is 37.0 Å². The number of halogens is 3. The fraction of sp³-hybridized carbons (Fsp3) is 0.448. The molecule has 2 N–H and O–H groups in total. The van der Waals surface area contributed by atoms with Gasteiger partial charge >= 0.3 is 6.18 Å². The number of oxazole rings is 1. The molecule has 3 aliphatic rings. The van der Waals surface area contributed by atoms with Gasteiger partial charge in [0.2, 0.25) is 12.0 Å². The van der Waals surface area contributed by atoms with Crippen LogP contribution in [-0.4, -0.2) is 62.9 Å². The molecule has 2 aromatic heterocycles. The van der Waals surface area contributed by atoms with Gasteiger partial charge in [0.1, 0.15) is 11.9 Å². The lowest BCUT2D eigenvalue weighted by Crippen LogP contribution is -2.46. The number of hydrogen-bond acceptors (Lipinski definition) is 8. The average Bonchev–Trinajstić information content (AvgIpc) is 3.77. The third-order valence-electron chi connectivity index (χ3n) is 8.17. The number of benzene rings is 1. The Morgan fingerprint density at radius 1 is 1.07 bits per heavy atom. The molecule has 3 aromatic rings. The highest BCUT2D eigenvalue weighted by atomic mass is 19.4. The van der Waals surface area contributed by atoms with Crippen LogP contribution >= 0.6 is 0 Å². The SMILES string of the molecule is O=C(C1CC(c2cccc(C(F)(F)F)c2)=NO1)N1CC[C@H](NC2CCC(O)(c3ccc(-c4ncco4)cn3)CC2)C1. The van der Waals surface area contributed by atoms with Crippen LogP contribution < -0.4 is 5.32 Å². The Bertz CT molecular complexity index is 1400. The van der Waals surface area contributed by atoms with Crippen molar-refractivity contribution >= 4 is 11.6 Å². The van der Waals surface area contributed by atoms with Gasteiger partial charge in [0.25, 0.3) is 5.91 Å². The second-order valence-corrected chi connectivity index (χ2v) is 10.9. The van der Waals surface area contributed by atoms with E-state index in [0.29, 0.717) is 48.8 Å². The maximum atomic E-state index is 13.1. The van der Waals surface area contributed by atoms with Crippen LogP contribution in [0.15, 0.2) is 64.6 Å². The van der Waals surface area contributed by atoms with Gasteiger partial charge in [-0.1, -0.05) is 17.3 Å². The Balaban J connectivity index is 0.978. The number of rotatable bonds is 6. The third kappa shape index (κ3) is 5.84. The number of carbonyl (C=O) groups excluding carboxylic acids is 1. The first kappa shape index (κ1) is 27.4. The van der Waals surface area contributed by atoms with Crippen LogP contribution in [0.1, 0.15) is 55.3 Å². The smallest absolute Gasteiger partial charge is 0.416 e. The van der Waals surface area contributed by atoms with Crippen molar-refractivity contribution in [1.29, 1.82) is 0 Å². The summed E-state index contributed by atoms with van der Waals surface area (Å²) in [4.78, 5) is 28.8. The number of aliphatic hydroxyl groups is 1. The van der Waals surface area contributed by atoms with Crippen LogP contribution in [-0.2, 0) is 21.4 Å². The molecule has 0 radical (unpaired) electrons. The van der Waals surface area contributed by atoms with E-state index in [2.05, 4.69) is 20.4 Å².